The average molecular weight is 287 g/mol. The predicted octanol–water partition coefficient (Wildman–Crippen LogP) is 3.53. The minimum Gasteiger partial charge on any atom is -0.308 e. The first-order chi connectivity index (χ1) is 10.2. The van der Waals surface area contributed by atoms with Crippen molar-refractivity contribution in [3.8, 4) is 0 Å². The molecule has 1 unspecified atom stereocenters. The third kappa shape index (κ3) is 2.44. The van der Waals surface area contributed by atoms with Crippen molar-refractivity contribution < 1.29 is 0 Å². The minimum atomic E-state index is 0.487. The number of nitrogens with one attached hydrogen (secondary N) is 1. The van der Waals surface area contributed by atoms with Crippen molar-refractivity contribution in [2.24, 2.45) is 36.6 Å². The minimum absolute atomic E-state index is 0.487. The molecule has 0 radical (unpaired) electrons. The van der Waals surface area contributed by atoms with E-state index in [1.165, 1.54) is 44.2 Å². The molecule has 4 fully saturated rings. The lowest BCUT2D eigenvalue weighted by Gasteiger charge is -2.56. The van der Waals surface area contributed by atoms with Crippen LogP contribution in [0.5, 0.6) is 0 Å². The maximum Gasteiger partial charge on any atom is 0.0796 e. The van der Waals surface area contributed by atoms with Crippen LogP contribution in [0.4, 0.5) is 0 Å². The van der Waals surface area contributed by atoms with Gasteiger partial charge >= 0.3 is 0 Å². The Kier molecular flexibility index (Phi) is 3.56. The highest BCUT2D eigenvalue weighted by atomic mass is 15.3. The van der Waals surface area contributed by atoms with Crippen molar-refractivity contribution >= 4 is 0 Å². The Hall–Kier alpha value is -0.830. The summed E-state index contributed by atoms with van der Waals surface area (Å²) in [6.07, 6.45) is 10.8. The van der Waals surface area contributed by atoms with E-state index < -0.39 is 0 Å². The van der Waals surface area contributed by atoms with Crippen LogP contribution in [-0.4, -0.2) is 16.3 Å². The molecule has 1 aromatic heterocycles. The molecule has 116 valence electrons. The standard InChI is InChI=1S/C18H29N3/c1-3-5-19-18(16-4-6-21(2)20-16)17-14-8-12-7-13(10-14)11-15(17)9-12/h4,6,12-15,17-19H,3,5,7-11H2,1-2H3. The molecule has 1 atom stereocenters. The second-order valence-electron chi connectivity index (χ2n) is 7.85. The maximum absolute atomic E-state index is 4.75. The fraction of sp³-hybridized carbons (Fsp3) is 0.833. The molecule has 0 aromatic carbocycles. The lowest BCUT2D eigenvalue weighted by atomic mass is 9.50. The first kappa shape index (κ1) is 13.8. The van der Waals surface area contributed by atoms with Crippen LogP contribution in [0.1, 0.15) is 57.2 Å². The van der Waals surface area contributed by atoms with Crippen LogP contribution < -0.4 is 5.32 Å². The van der Waals surface area contributed by atoms with Crippen molar-refractivity contribution in [2.75, 3.05) is 6.54 Å². The first-order valence-electron chi connectivity index (χ1n) is 8.97. The van der Waals surface area contributed by atoms with Gasteiger partial charge in [-0.15, -0.1) is 0 Å². The fourth-order valence-electron chi connectivity index (χ4n) is 5.85. The Morgan fingerprint density at radius 3 is 2.38 bits per heavy atom. The van der Waals surface area contributed by atoms with Crippen LogP contribution in [0.2, 0.25) is 0 Å². The van der Waals surface area contributed by atoms with Gasteiger partial charge in [0.2, 0.25) is 0 Å². The summed E-state index contributed by atoms with van der Waals surface area (Å²) >= 11 is 0. The van der Waals surface area contributed by atoms with Gasteiger partial charge in [-0.3, -0.25) is 4.68 Å². The summed E-state index contributed by atoms with van der Waals surface area (Å²) < 4.78 is 1.96. The van der Waals surface area contributed by atoms with Gasteiger partial charge in [0, 0.05) is 13.2 Å². The zero-order valence-electron chi connectivity index (χ0n) is 13.5. The molecule has 0 saturated heterocycles. The molecule has 1 N–H and O–H groups in total. The van der Waals surface area contributed by atoms with E-state index in [0.717, 1.165) is 36.1 Å². The number of nitrogens with zero attached hydrogens (tertiary/aromatic N) is 2. The molecule has 4 bridgehead atoms. The molecule has 4 saturated carbocycles. The Morgan fingerprint density at radius 2 is 1.86 bits per heavy atom. The van der Waals surface area contributed by atoms with E-state index in [4.69, 9.17) is 5.10 Å². The smallest absolute Gasteiger partial charge is 0.0796 e. The summed E-state index contributed by atoms with van der Waals surface area (Å²) in [5.74, 6) is 4.85. The zero-order valence-corrected chi connectivity index (χ0v) is 13.5. The Balaban J connectivity index is 1.60. The van der Waals surface area contributed by atoms with Crippen LogP contribution >= 0.6 is 0 Å². The molecule has 3 nitrogen and oxygen atoms in total. The van der Waals surface area contributed by atoms with Gasteiger partial charge in [-0.05, 0) is 80.7 Å². The average Bonchev–Trinajstić information content (AvgIpc) is 2.87. The van der Waals surface area contributed by atoms with E-state index in [9.17, 15) is 0 Å². The number of rotatable bonds is 5. The molecule has 1 heterocycles. The van der Waals surface area contributed by atoms with Gasteiger partial charge in [-0.1, -0.05) is 6.92 Å². The van der Waals surface area contributed by atoms with E-state index in [1.54, 1.807) is 0 Å². The zero-order chi connectivity index (χ0) is 14.4. The van der Waals surface area contributed by atoms with Crippen molar-refractivity contribution in [1.82, 2.24) is 15.1 Å². The summed E-state index contributed by atoms with van der Waals surface area (Å²) in [5, 5.41) is 8.60. The van der Waals surface area contributed by atoms with Gasteiger partial charge in [-0.25, -0.2) is 0 Å². The molecular weight excluding hydrogens is 258 g/mol. The van der Waals surface area contributed by atoms with Gasteiger partial charge < -0.3 is 5.32 Å². The monoisotopic (exact) mass is 287 g/mol. The van der Waals surface area contributed by atoms with Gasteiger partial charge in [0.25, 0.3) is 0 Å². The summed E-state index contributed by atoms with van der Waals surface area (Å²) in [5.41, 5.74) is 1.28. The Labute approximate surface area is 128 Å². The van der Waals surface area contributed by atoms with E-state index in [2.05, 4.69) is 24.5 Å². The highest BCUT2D eigenvalue weighted by Gasteiger charge is 2.50. The van der Waals surface area contributed by atoms with Crippen LogP contribution in [-0.2, 0) is 7.05 Å². The van der Waals surface area contributed by atoms with Gasteiger partial charge in [0.1, 0.15) is 0 Å². The fourth-order valence-corrected chi connectivity index (χ4v) is 5.85. The number of aromatic nitrogens is 2. The van der Waals surface area contributed by atoms with Crippen LogP contribution in [0, 0.1) is 29.6 Å². The number of aryl methyl sites for hydroxylation is 1. The second kappa shape index (κ2) is 5.42. The number of hydrogen-bond acceptors (Lipinski definition) is 2. The van der Waals surface area contributed by atoms with Gasteiger partial charge in [-0.2, -0.15) is 5.10 Å². The summed E-state index contributed by atoms with van der Waals surface area (Å²) in [4.78, 5) is 0. The second-order valence-corrected chi connectivity index (χ2v) is 7.85. The molecule has 3 heteroatoms. The van der Waals surface area contributed by atoms with Crippen molar-refractivity contribution in [3.63, 3.8) is 0 Å². The molecule has 5 rings (SSSR count). The van der Waals surface area contributed by atoms with Crippen LogP contribution in [0.15, 0.2) is 12.3 Å². The lowest BCUT2D eigenvalue weighted by molar-refractivity contribution is -0.0531. The third-order valence-electron chi connectivity index (χ3n) is 6.35. The maximum atomic E-state index is 4.75. The molecule has 4 aliphatic carbocycles. The Bertz CT molecular complexity index is 464. The Morgan fingerprint density at radius 1 is 1.19 bits per heavy atom. The molecule has 1 aromatic rings. The molecule has 0 aliphatic heterocycles. The van der Waals surface area contributed by atoms with Crippen molar-refractivity contribution in [3.05, 3.63) is 18.0 Å². The summed E-state index contributed by atoms with van der Waals surface area (Å²) in [7, 11) is 2.04. The molecule has 4 aliphatic rings. The number of hydrogen-bond donors (Lipinski definition) is 1. The predicted molar refractivity (Wildman–Crippen MR) is 84.8 cm³/mol. The summed E-state index contributed by atoms with van der Waals surface area (Å²) in [6.45, 7) is 3.38. The van der Waals surface area contributed by atoms with Crippen LogP contribution in [0.3, 0.4) is 0 Å². The quantitative estimate of drug-likeness (QED) is 0.898. The highest BCUT2D eigenvalue weighted by Crippen LogP contribution is 2.59. The SMILES string of the molecule is CCCNC(c1ccn(C)n1)C1C2CC3CC(C2)CC1C3. The molecule has 0 amide bonds. The van der Waals surface area contributed by atoms with Crippen molar-refractivity contribution in [1.29, 1.82) is 0 Å². The lowest BCUT2D eigenvalue weighted by Crippen LogP contribution is -2.49. The van der Waals surface area contributed by atoms with E-state index >= 15 is 0 Å². The van der Waals surface area contributed by atoms with E-state index in [-0.39, 0.29) is 0 Å². The van der Waals surface area contributed by atoms with E-state index in [1.807, 2.05) is 11.7 Å². The van der Waals surface area contributed by atoms with Crippen LogP contribution in [0.25, 0.3) is 0 Å². The first-order valence-corrected chi connectivity index (χ1v) is 8.97. The molecule has 21 heavy (non-hydrogen) atoms. The topological polar surface area (TPSA) is 29.9 Å². The van der Waals surface area contributed by atoms with Crippen molar-refractivity contribution in [2.45, 2.75) is 51.5 Å². The molecular formula is C18H29N3. The summed E-state index contributed by atoms with van der Waals surface area (Å²) in [6, 6.07) is 2.72. The van der Waals surface area contributed by atoms with Gasteiger partial charge in [0.15, 0.2) is 0 Å². The molecule has 0 spiro atoms. The van der Waals surface area contributed by atoms with Gasteiger partial charge in [0.05, 0.1) is 11.7 Å². The largest absolute Gasteiger partial charge is 0.308 e. The normalized spacial score (nSPS) is 38.9. The highest BCUT2D eigenvalue weighted by molar-refractivity contribution is 5.12. The van der Waals surface area contributed by atoms with E-state index in [0.29, 0.717) is 6.04 Å². The third-order valence-corrected chi connectivity index (χ3v) is 6.35.